The molecule has 1 aliphatic rings. The normalized spacial score (nSPS) is 14.6. The Morgan fingerprint density at radius 2 is 1.84 bits per heavy atom. The number of hydrogen-bond donors (Lipinski definition) is 1. The van der Waals surface area contributed by atoms with E-state index in [1.165, 1.54) is 12.1 Å². The molecule has 1 N–H and O–H groups in total. The quantitative estimate of drug-likeness (QED) is 0.282. The fourth-order valence-corrected chi connectivity index (χ4v) is 4.88. The summed E-state index contributed by atoms with van der Waals surface area (Å²) in [6.07, 6.45) is 6.22. The summed E-state index contributed by atoms with van der Waals surface area (Å²) in [7, 11) is 0. The zero-order valence-electron chi connectivity index (χ0n) is 20.6. The van der Waals surface area contributed by atoms with Crippen molar-refractivity contribution in [1.29, 1.82) is 0 Å². The van der Waals surface area contributed by atoms with Gasteiger partial charge in [0.25, 0.3) is 0 Å². The van der Waals surface area contributed by atoms with Crippen LogP contribution in [-0.2, 0) is 6.42 Å². The number of anilines is 1. The number of nitrogens with one attached hydrogen (secondary N) is 1. The van der Waals surface area contributed by atoms with Crippen LogP contribution in [0.15, 0.2) is 73.1 Å². The van der Waals surface area contributed by atoms with Crippen molar-refractivity contribution >= 4 is 16.7 Å². The van der Waals surface area contributed by atoms with Crippen molar-refractivity contribution in [3.63, 3.8) is 0 Å². The largest absolute Gasteiger partial charge is 0.475 e. The summed E-state index contributed by atoms with van der Waals surface area (Å²) in [5.41, 5.74) is 3.28. The molecule has 0 spiro atoms. The number of fused-ring (bicyclic) bond motifs is 2. The first-order chi connectivity index (χ1) is 18.2. The van der Waals surface area contributed by atoms with Gasteiger partial charge in [-0.25, -0.2) is 24.3 Å². The second-order valence-corrected chi connectivity index (χ2v) is 9.14. The van der Waals surface area contributed by atoms with Gasteiger partial charge in [-0.1, -0.05) is 25.1 Å². The van der Waals surface area contributed by atoms with Gasteiger partial charge >= 0.3 is 0 Å². The van der Waals surface area contributed by atoms with Crippen molar-refractivity contribution in [2.24, 2.45) is 0 Å². The molecular weight excluding hydrogens is 467 g/mol. The molecule has 7 nitrogen and oxygen atoms in total. The minimum absolute atomic E-state index is 0.0504. The fraction of sp³-hybridized carbons (Fsp3) is 0.241. The third kappa shape index (κ3) is 4.50. The summed E-state index contributed by atoms with van der Waals surface area (Å²) < 4.78 is 22.3. The van der Waals surface area contributed by atoms with E-state index < -0.39 is 0 Å². The number of benzene rings is 2. The Morgan fingerprint density at radius 1 is 1.00 bits per heavy atom. The highest BCUT2D eigenvalue weighted by molar-refractivity contribution is 5.86. The van der Waals surface area contributed by atoms with E-state index in [0.29, 0.717) is 18.4 Å². The minimum Gasteiger partial charge on any atom is -0.475 e. The molecule has 0 saturated carbocycles. The van der Waals surface area contributed by atoms with Crippen LogP contribution in [0, 0.1) is 5.82 Å². The van der Waals surface area contributed by atoms with E-state index >= 15 is 0 Å². The van der Waals surface area contributed by atoms with Gasteiger partial charge in [-0.15, -0.1) is 0 Å². The van der Waals surface area contributed by atoms with Crippen molar-refractivity contribution in [3.05, 3.63) is 84.7 Å². The number of rotatable bonds is 8. The Bertz CT molecular complexity index is 1540. The predicted octanol–water partition coefficient (Wildman–Crippen LogP) is 6.08. The highest BCUT2D eigenvalue weighted by atomic mass is 19.1. The second-order valence-electron chi connectivity index (χ2n) is 9.14. The number of pyridine rings is 1. The van der Waals surface area contributed by atoms with Crippen molar-refractivity contribution in [3.8, 4) is 28.5 Å². The number of ether oxygens (including phenoxy) is 1. The van der Waals surface area contributed by atoms with Gasteiger partial charge in [0.1, 0.15) is 18.2 Å². The maximum absolute atomic E-state index is 13.7. The molecule has 1 atom stereocenters. The van der Waals surface area contributed by atoms with E-state index in [0.717, 1.165) is 65.0 Å². The molecular formula is C29H27FN6O. The summed E-state index contributed by atoms with van der Waals surface area (Å²) >= 11 is 0. The molecule has 186 valence electrons. The number of halogens is 1. The van der Waals surface area contributed by atoms with Gasteiger partial charge in [0.05, 0.1) is 23.1 Å². The van der Waals surface area contributed by atoms with Crippen molar-refractivity contribution in [1.82, 2.24) is 24.5 Å². The zero-order valence-corrected chi connectivity index (χ0v) is 20.6. The van der Waals surface area contributed by atoms with Crippen LogP contribution in [0.5, 0.6) is 5.88 Å². The van der Waals surface area contributed by atoms with Crippen molar-refractivity contribution in [2.75, 3.05) is 18.5 Å². The van der Waals surface area contributed by atoms with Crippen molar-refractivity contribution in [2.45, 2.75) is 32.2 Å². The SMILES string of the molecule is CCCNc1nccc(-c2c(-c3ccc(F)cc3)nc3n2C(COc2nccc4ccccc24)CC3)n1. The molecule has 5 aromatic rings. The molecule has 0 aliphatic carbocycles. The van der Waals surface area contributed by atoms with Gasteiger partial charge in [-0.2, -0.15) is 0 Å². The lowest BCUT2D eigenvalue weighted by Gasteiger charge is -2.18. The molecule has 2 aromatic carbocycles. The lowest BCUT2D eigenvalue weighted by molar-refractivity contribution is 0.250. The van der Waals surface area contributed by atoms with Crippen LogP contribution in [0.3, 0.4) is 0 Å². The van der Waals surface area contributed by atoms with Crippen LogP contribution in [0.2, 0.25) is 0 Å². The van der Waals surface area contributed by atoms with Crippen molar-refractivity contribution < 1.29 is 9.13 Å². The third-order valence-corrected chi connectivity index (χ3v) is 6.65. The molecule has 0 fully saturated rings. The maximum Gasteiger partial charge on any atom is 0.223 e. The molecule has 0 radical (unpaired) electrons. The molecule has 37 heavy (non-hydrogen) atoms. The van der Waals surface area contributed by atoms with Crippen LogP contribution in [-0.4, -0.2) is 37.7 Å². The number of aromatic nitrogens is 5. The monoisotopic (exact) mass is 494 g/mol. The molecule has 0 bridgehead atoms. The Kier molecular flexibility index (Phi) is 6.22. The van der Waals surface area contributed by atoms with E-state index in [9.17, 15) is 4.39 Å². The van der Waals surface area contributed by atoms with Gasteiger partial charge in [0.15, 0.2) is 0 Å². The van der Waals surface area contributed by atoms with Crippen LogP contribution in [0.4, 0.5) is 10.3 Å². The number of hydrogen-bond acceptors (Lipinski definition) is 6. The lowest BCUT2D eigenvalue weighted by Crippen LogP contribution is -2.16. The topological polar surface area (TPSA) is 77.8 Å². The Morgan fingerprint density at radius 3 is 2.70 bits per heavy atom. The molecule has 6 rings (SSSR count). The molecule has 0 saturated heterocycles. The molecule has 1 unspecified atom stereocenters. The summed E-state index contributed by atoms with van der Waals surface area (Å²) in [5.74, 6) is 1.89. The van der Waals surface area contributed by atoms with Gasteiger partial charge in [-0.05, 0) is 60.7 Å². The summed E-state index contributed by atoms with van der Waals surface area (Å²) in [6.45, 7) is 3.34. The second kappa shape index (κ2) is 9.97. The number of imidazole rings is 1. The van der Waals surface area contributed by atoms with Gasteiger partial charge in [-0.3, -0.25) is 0 Å². The van der Waals surface area contributed by atoms with Crippen LogP contribution < -0.4 is 10.1 Å². The van der Waals surface area contributed by atoms with Gasteiger partial charge in [0.2, 0.25) is 11.8 Å². The summed E-state index contributed by atoms with van der Waals surface area (Å²) in [4.78, 5) is 18.7. The Hall–Kier alpha value is -4.33. The smallest absolute Gasteiger partial charge is 0.223 e. The van der Waals surface area contributed by atoms with E-state index in [2.05, 4.69) is 32.8 Å². The number of nitrogens with zero attached hydrogens (tertiary/aromatic N) is 5. The Balaban J connectivity index is 1.40. The standard InChI is InChI=1S/C29H27FN6O/c1-2-15-32-29-33-17-14-24(34-29)27-26(20-7-9-21(30)10-8-20)35-25-12-11-22(36(25)27)18-37-28-23-6-4-3-5-19(23)13-16-31-28/h3-10,13-14,16-17,22H,2,11-12,15,18H2,1H3,(H,32,33,34). The van der Waals surface area contributed by atoms with E-state index in [1.54, 1.807) is 24.5 Å². The van der Waals surface area contributed by atoms with Gasteiger partial charge < -0.3 is 14.6 Å². The lowest BCUT2D eigenvalue weighted by atomic mass is 10.1. The predicted molar refractivity (Wildman–Crippen MR) is 142 cm³/mol. The first-order valence-corrected chi connectivity index (χ1v) is 12.6. The van der Waals surface area contributed by atoms with Crippen LogP contribution >= 0.6 is 0 Å². The first-order valence-electron chi connectivity index (χ1n) is 12.6. The molecule has 4 heterocycles. The molecule has 1 aliphatic heterocycles. The summed E-state index contributed by atoms with van der Waals surface area (Å²) in [5, 5.41) is 5.35. The van der Waals surface area contributed by atoms with E-state index in [1.807, 2.05) is 30.3 Å². The van der Waals surface area contributed by atoms with Crippen LogP contribution in [0.25, 0.3) is 33.4 Å². The zero-order chi connectivity index (χ0) is 25.2. The molecule has 8 heteroatoms. The minimum atomic E-state index is -0.279. The third-order valence-electron chi connectivity index (χ3n) is 6.65. The van der Waals surface area contributed by atoms with Gasteiger partial charge in [0, 0.05) is 36.3 Å². The van der Waals surface area contributed by atoms with Crippen LogP contribution in [0.1, 0.15) is 31.6 Å². The average Bonchev–Trinajstić information content (AvgIpc) is 3.51. The summed E-state index contributed by atoms with van der Waals surface area (Å²) in [6, 6.07) is 18.5. The highest BCUT2D eigenvalue weighted by Gasteiger charge is 2.31. The molecule has 0 amide bonds. The fourth-order valence-electron chi connectivity index (χ4n) is 4.88. The number of aryl methyl sites for hydroxylation is 1. The van der Waals surface area contributed by atoms with E-state index in [4.69, 9.17) is 14.7 Å². The van der Waals surface area contributed by atoms with E-state index in [-0.39, 0.29) is 11.9 Å². The highest BCUT2D eigenvalue weighted by Crippen LogP contribution is 2.39. The molecule has 3 aromatic heterocycles. The Labute approximate surface area is 214 Å². The first kappa shape index (κ1) is 23.1. The average molecular weight is 495 g/mol. The maximum atomic E-state index is 13.7.